The average Bonchev–Trinajstić information content (AvgIpc) is 2.75. The van der Waals surface area contributed by atoms with Gasteiger partial charge in [0.2, 0.25) is 0 Å². The zero-order valence-electron chi connectivity index (χ0n) is 15.3. The maximum atomic E-state index is 13.4. The number of fused-ring (bicyclic) bond motifs is 3. The fraction of sp³-hybridized carbons (Fsp3) is 0.0455. The number of benzene rings is 3. The molecule has 0 aliphatic carbocycles. The van der Waals surface area contributed by atoms with Crippen LogP contribution in [-0.2, 0) is 0 Å². The molecule has 3 aromatic carbocycles. The second kappa shape index (κ2) is 7.23. The van der Waals surface area contributed by atoms with Crippen molar-refractivity contribution in [3.8, 4) is 22.6 Å². The van der Waals surface area contributed by atoms with Crippen LogP contribution in [0.2, 0.25) is 10.0 Å². The molecule has 0 fully saturated rings. The molecule has 0 saturated heterocycles. The van der Waals surface area contributed by atoms with Crippen molar-refractivity contribution in [2.45, 2.75) is 6.17 Å². The third-order valence-electron chi connectivity index (χ3n) is 4.93. The van der Waals surface area contributed by atoms with Crippen LogP contribution >= 0.6 is 23.2 Å². The predicted molar refractivity (Wildman–Crippen MR) is 115 cm³/mol. The van der Waals surface area contributed by atoms with E-state index in [-0.39, 0.29) is 5.69 Å². The van der Waals surface area contributed by atoms with Crippen molar-refractivity contribution in [1.82, 2.24) is 14.8 Å². The minimum Gasteiger partial charge on any atom is -0.359 e. The quantitative estimate of drug-likeness (QED) is 0.455. The molecule has 1 unspecified atom stereocenters. The van der Waals surface area contributed by atoms with E-state index in [0.717, 1.165) is 11.3 Å². The molecule has 1 atom stereocenters. The molecule has 0 saturated carbocycles. The molecule has 1 aromatic heterocycles. The van der Waals surface area contributed by atoms with Crippen molar-refractivity contribution in [3.63, 3.8) is 0 Å². The average molecular weight is 439 g/mol. The number of hydrogen-bond acceptors (Lipinski definition) is 4. The van der Waals surface area contributed by atoms with Gasteiger partial charge < -0.3 is 5.32 Å². The van der Waals surface area contributed by atoms with Gasteiger partial charge in [-0.1, -0.05) is 47.5 Å². The van der Waals surface area contributed by atoms with Crippen LogP contribution in [0.1, 0.15) is 11.7 Å². The molecule has 0 amide bonds. The number of para-hydroxylation sites is 1. The van der Waals surface area contributed by atoms with Gasteiger partial charge in [0.15, 0.2) is 17.7 Å². The molecule has 1 N–H and O–H groups in total. The zero-order valence-corrected chi connectivity index (χ0v) is 16.8. The lowest BCUT2D eigenvalue weighted by atomic mass is 10.1. The van der Waals surface area contributed by atoms with E-state index < -0.39 is 17.5 Å². The number of nitrogens with zero attached hydrogens (tertiary/aromatic N) is 3. The second-order valence-corrected chi connectivity index (χ2v) is 7.56. The van der Waals surface area contributed by atoms with Crippen LogP contribution < -0.4 is 10.9 Å². The van der Waals surface area contributed by atoms with E-state index in [1.54, 1.807) is 16.8 Å². The Kier molecular flexibility index (Phi) is 4.53. The van der Waals surface area contributed by atoms with Crippen LogP contribution in [0.4, 0.5) is 10.1 Å². The number of anilines is 1. The van der Waals surface area contributed by atoms with Gasteiger partial charge in [0.1, 0.15) is 5.82 Å². The second-order valence-electron chi connectivity index (χ2n) is 6.78. The van der Waals surface area contributed by atoms with Gasteiger partial charge in [0.25, 0.3) is 5.56 Å². The van der Waals surface area contributed by atoms with E-state index in [1.807, 2.05) is 30.3 Å². The monoisotopic (exact) mass is 438 g/mol. The molecule has 5 rings (SSSR count). The highest BCUT2D eigenvalue weighted by molar-refractivity contribution is 6.42. The molecule has 2 heterocycles. The Balaban J connectivity index is 1.78. The fourth-order valence-electron chi connectivity index (χ4n) is 3.50. The maximum Gasteiger partial charge on any atom is 0.300 e. The van der Waals surface area contributed by atoms with Gasteiger partial charge in [0, 0.05) is 22.4 Å². The zero-order chi connectivity index (χ0) is 20.8. The van der Waals surface area contributed by atoms with Crippen molar-refractivity contribution in [2.24, 2.45) is 0 Å². The summed E-state index contributed by atoms with van der Waals surface area (Å²) in [5.74, 6) is 0.00482. The number of hydrogen-bond donors (Lipinski definition) is 1. The predicted octanol–water partition coefficient (Wildman–Crippen LogP) is 5.39. The SMILES string of the molecule is O=c1nc2n(nc1-c1ccc(F)cc1)C(c1cccc(Cl)c1Cl)Nc1ccccc1-2. The van der Waals surface area contributed by atoms with Crippen LogP contribution in [0, 0.1) is 5.82 Å². The Hall–Kier alpha value is -3.22. The highest BCUT2D eigenvalue weighted by Gasteiger charge is 2.29. The lowest BCUT2D eigenvalue weighted by molar-refractivity contribution is 0.550. The molecule has 0 spiro atoms. The van der Waals surface area contributed by atoms with Crippen LogP contribution in [-0.4, -0.2) is 14.8 Å². The molecule has 1 aliphatic rings. The van der Waals surface area contributed by atoms with Gasteiger partial charge in [0.05, 0.1) is 10.0 Å². The first-order chi connectivity index (χ1) is 14.5. The smallest absolute Gasteiger partial charge is 0.300 e. The summed E-state index contributed by atoms with van der Waals surface area (Å²) in [5, 5.41) is 8.78. The van der Waals surface area contributed by atoms with Crippen molar-refractivity contribution in [2.75, 3.05) is 5.32 Å². The van der Waals surface area contributed by atoms with Gasteiger partial charge in [-0.05, 0) is 42.5 Å². The summed E-state index contributed by atoms with van der Waals surface area (Å²) in [6.45, 7) is 0. The van der Waals surface area contributed by atoms with E-state index >= 15 is 0 Å². The summed E-state index contributed by atoms with van der Waals surface area (Å²) in [7, 11) is 0. The van der Waals surface area contributed by atoms with Gasteiger partial charge in [-0.2, -0.15) is 10.1 Å². The fourth-order valence-corrected chi connectivity index (χ4v) is 3.92. The first kappa shape index (κ1) is 18.8. The maximum absolute atomic E-state index is 13.4. The Morgan fingerprint density at radius 1 is 0.967 bits per heavy atom. The molecule has 0 bridgehead atoms. The molecule has 8 heteroatoms. The van der Waals surface area contributed by atoms with E-state index in [1.165, 1.54) is 24.3 Å². The summed E-state index contributed by atoms with van der Waals surface area (Å²) in [6, 6.07) is 18.4. The largest absolute Gasteiger partial charge is 0.359 e. The molecular formula is C22H13Cl2FN4O. The third-order valence-corrected chi connectivity index (χ3v) is 5.77. The highest BCUT2D eigenvalue weighted by atomic mass is 35.5. The minimum absolute atomic E-state index is 0.114. The van der Waals surface area contributed by atoms with Gasteiger partial charge in [-0.3, -0.25) is 4.79 Å². The first-order valence-electron chi connectivity index (χ1n) is 9.09. The summed E-state index contributed by atoms with van der Waals surface area (Å²) >= 11 is 12.7. The van der Waals surface area contributed by atoms with Crippen molar-refractivity contribution >= 4 is 28.9 Å². The van der Waals surface area contributed by atoms with Crippen LogP contribution in [0.5, 0.6) is 0 Å². The standard InChI is InChI=1S/C22H13Cl2FN4O/c23-16-6-3-5-15(18(16)24)21-26-17-7-2-1-4-14(17)20-27-22(30)19(28-29(20)21)12-8-10-13(25)11-9-12/h1-11,21,26H. The van der Waals surface area contributed by atoms with E-state index in [2.05, 4.69) is 15.4 Å². The summed E-state index contributed by atoms with van der Waals surface area (Å²) in [6.07, 6.45) is -0.548. The first-order valence-corrected chi connectivity index (χ1v) is 9.85. The molecule has 0 radical (unpaired) electrons. The lowest BCUT2D eigenvalue weighted by Crippen LogP contribution is -2.32. The van der Waals surface area contributed by atoms with E-state index in [9.17, 15) is 9.18 Å². The molecule has 4 aromatic rings. The van der Waals surface area contributed by atoms with Crippen LogP contribution in [0.15, 0.2) is 71.5 Å². The number of nitrogens with one attached hydrogen (secondary N) is 1. The summed E-state index contributed by atoms with van der Waals surface area (Å²) in [5.41, 5.74) is 2.30. The Bertz CT molecular complexity index is 1340. The minimum atomic E-state index is -0.548. The normalized spacial score (nSPS) is 14.6. The van der Waals surface area contributed by atoms with Crippen molar-refractivity contribution in [3.05, 3.63) is 98.5 Å². The summed E-state index contributed by atoms with van der Waals surface area (Å²) in [4.78, 5) is 17.1. The molecular weight excluding hydrogens is 426 g/mol. The van der Waals surface area contributed by atoms with Gasteiger partial charge >= 0.3 is 0 Å². The summed E-state index contributed by atoms with van der Waals surface area (Å²) < 4.78 is 15.0. The Morgan fingerprint density at radius 2 is 1.73 bits per heavy atom. The number of rotatable bonds is 2. The van der Waals surface area contributed by atoms with Gasteiger partial charge in [-0.15, -0.1) is 0 Å². The topological polar surface area (TPSA) is 59.8 Å². The Labute approximate surface area is 180 Å². The third kappa shape index (κ3) is 3.05. The molecule has 30 heavy (non-hydrogen) atoms. The van der Waals surface area contributed by atoms with E-state index in [0.29, 0.717) is 27.0 Å². The molecule has 5 nitrogen and oxygen atoms in total. The van der Waals surface area contributed by atoms with Crippen LogP contribution in [0.3, 0.4) is 0 Å². The molecule has 148 valence electrons. The Morgan fingerprint density at radius 3 is 2.53 bits per heavy atom. The number of halogens is 3. The van der Waals surface area contributed by atoms with Crippen molar-refractivity contribution in [1.29, 1.82) is 0 Å². The van der Waals surface area contributed by atoms with E-state index in [4.69, 9.17) is 23.2 Å². The lowest BCUT2D eigenvalue weighted by Gasteiger charge is -2.31. The highest BCUT2D eigenvalue weighted by Crippen LogP contribution is 2.39. The number of aromatic nitrogens is 3. The van der Waals surface area contributed by atoms with Crippen molar-refractivity contribution < 1.29 is 4.39 Å². The molecule has 1 aliphatic heterocycles. The van der Waals surface area contributed by atoms with Crippen LogP contribution in [0.25, 0.3) is 22.6 Å². The van der Waals surface area contributed by atoms with Gasteiger partial charge in [-0.25, -0.2) is 9.07 Å².